The molecular formula is C9H5ClN2S. The molecule has 4 heteroatoms. The largest absolute Gasteiger partial charge is 0.345 e. The fraction of sp³-hybridized carbons (Fsp3) is 0. The fourth-order valence-electron chi connectivity index (χ4n) is 1.50. The third kappa shape index (κ3) is 0.975. The second-order valence-electron chi connectivity index (χ2n) is 2.88. The highest BCUT2D eigenvalue weighted by atomic mass is 35.5. The molecule has 3 rings (SSSR count). The fourth-order valence-corrected chi connectivity index (χ4v) is 2.35. The van der Waals surface area contributed by atoms with Crippen molar-refractivity contribution in [2.24, 2.45) is 0 Å². The molecular weight excluding hydrogens is 204 g/mol. The van der Waals surface area contributed by atoms with Crippen LogP contribution in [0.15, 0.2) is 24.4 Å². The van der Waals surface area contributed by atoms with Crippen molar-refractivity contribution in [3.63, 3.8) is 0 Å². The second kappa shape index (κ2) is 2.47. The molecule has 0 radical (unpaired) electrons. The van der Waals surface area contributed by atoms with Gasteiger partial charge in [0.2, 0.25) is 0 Å². The number of benzene rings is 1. The summed E-state index contributed by atoms with van der Waals surface area (Å²) in [7, 11) is 0. The number of aromatic amines is 1. The minimum atomic E-state index is 0.759. The van der Waals surface area contributed by atoms with Gasteiger partial charge in [-0.2, -0.15) is 4.37 Å². The third-order valence-electron chi connectivity index (χ3n) is 2.09. The molecule has 3 aromatic rings. The summed E-state index contributed by atoms with van der Waals surface area (Å²) >= 11 is 7.35. The number of hydrogen-bond donors (Lipinski definition) is 1. The number of nitrogens with one attached hydrogen (secondary N) is 1. The maximum Gasteiger partial charge on any atom is 0.121 e. The van der Waals surface area contributed by atoms with E-state index in [0.717, 1.165) is 15.4 Å². The van der Waals surface area contributed by atoms with Crippen LogP contribution in [0.4, 0.5) is 0 Å². The van der Waals surface area contributed by atoms with Crippen LogP contribution < -0.4 is 0 Å². The lowest BCUT2D eigenvalue weighted by Crippen LogP contribution is -1.67. The van der Waals surface area contributed by atoms with Crippen LogP contribution >= 0.6 is 23.1 Å². The number of halogens is 1. The van der Waals surface area contributed by atoms with Crippen LogP contribution in [-0.4, -0.2) is 9.36 Å². The Balaban J connectivity index is 2.59. The minimum absolute atomic E-state index is 0.759. The summed E-state index contributed by atoms with van der Waals surface area (Å²) in [5.41, 5.74) is 1.08. The number of nitrogens with zero attached hydrogens (tertiary/aromatic N) is 1. The zero-order valence-electron chi connectivity index (χ0n) is 6.54. The monoisotopic (exact) mass is 208 g/mol. The first-order valence-electron chi connectivity index (χ1n) is 3.86. The molecule has 1 aromatic carbocycles. The summed E-state index contributed by atoms with van der Waals surface area (Å²) in [6, 6.07) is 5.85. The second-order valence-corrected chi connectivity index (χ2v) is 4.12. The van der Waals surface area contributed by atoms with Crippen molar-refractivity contribution in [2.45, 2.75) is 0 Å². The molecule has 0 amide bonds. The Morgan fingerprint density at radius 3 is 3.15 bits per heavy atom. The molecule has 0 aliphatic heterocycles. The van der Waals surface area contributed by atoms with Crippen LogP contribution in [-0.2, 0) is 0 Å². The van der Waals surface area contributed by atoms with Crippen molar-refractivity contribution in [1.82, 2.24) is 9.36 Å². The molecule has 0 aliphatic carbocycles. The minimum Gasteiger partial charge on any atom is -0.345 e. The zero-order chi connectivity index (χ0) is 8.84. The summed E-state index contributed by atoms with van der Waals surface area (Å²) in [5.74, 6) is 0. The van der Waals surface area contributed by atoms with Crippen LogP contribution in [0.3, 0.4) is 0 Å². The Morgan fingerprint density at radius 2 is 2.23 bits per heavy atom. The molecule has 1 N–H and O–H groups in total. The maximum atomic E-state index is 5.88. The van der Waals surface area contributed by atoms with Crippen molar-refractivity contribution in [1.29, 1.82) is 0 Å². The van der Waals surface area contributed by atoms with Gasteiger partial charge in [-0.1, -0.05) is 17.7 Å². The highest BCUT2D eigenvalue weighted by Gasteiger charge is 2.05. The molecule has 0 aliphatic rings. The van der Waals surface area contributed by atoms with Gasteiger partial charge in [0.25, 0.3) is 0 Å². The molecule has 2 aromatic heterocycles. The van der Waals surface area contributed by atoms with Crippen molar-refractivity contribution in [3.05, 3.63) is 29.4 Å². The number of aromatic nitrogens is 2. The van der Waals surface area contributed by atoms with E-state index in [1.807, 2.05) is 24.4 Å². The molecule has 2 heterocycles. The number of rotatable bonds is 0. The smallest absolute Gasteiger partial charge is 0.121 e. The van der Waals surface area contributed by atoms with E-state index in [0.29, 0.717) is 0 Å². The van der Waals surface area contributed by atoms with Crippen LogP contribution in [0.5, 0.6) is 0 Å². The Labute approximate surface area is 83.3 Å². The van der Waals surface area contributed by atoms with Gasteiger partial charge in [-0.3, -0.25) is 0 Å². The normalized spacial score (nSPS) is 11.5. The molecule has 0 unspecified atom stereocenters. The number of fused-ring (bicyclic) bond motifs is 3. The Bertz CT molecular complexity index is 581. The van der Waals surface area contributed by atoms with Crippen molar-refractivity contribution in [3.8, 4) is 0 Å². The summed E-state index contributed by atoms with van der Waals surface area (Å²) < 4.78 is 4.11. The van der Waals surface area contributed by atoms with Gasteiger partial charge in [0.05, 0.1) is 6.20 Å². The Hall–Kier alpha value is -1.06. The Kier molecular flexibility index (Phi) is 1.39. The van der Waals surface area contributed by atoms with Gasteiger partial charge in [-0.15, -0.1) is 0 Å². The van der Waals surface area contributed by atoms with E-state index in [2.05, 4.69) is 9.36 Å². The predicted molar refractivity (Wildman–Crippen MR) is 56.5 cm³/mol. The van der Waals surface area contributed by atoms with Gasteiger partial charge in [-0.05, 0) is 23.7 Å². The molecule has 0 atom stereocenters. The lowest BCUT2D eigenvalue weighted by molar-refractivity contribution is 1.58. The number of H-pyrrole nitrogens is 1. The standard InChI is InChI=1S/C9H5ClN2S/c10-5-1-2-6-7-4-11-13-9(7)12-8(6)3-5/h1-4,12H. The molecule has 13 heavy (non-hydrogen) atoms. The van der Waals surface area contributed by atoms with Crippen molar-refractivity contribution < 1.29 is 0 Å². The maximum absolute atomic E-state index is 5.88. The van der Waals surface area contributed by atoms with E-state index in [1.165, 1.54) is 22.3 Å². The molecule has 0 fully saturated rings. The van der Waals surface area contributed by atoms with Gasteiger partial charge in [-0.25, -0.2) is 0 Å². The topological polar surface area (TPSA) is 28.7 Å². The van der Waals surface area contributed by atoms with Crippen LogP contribution in [0, 0.1) is 0 Å². The summed E-state index contributed by atoms with van der Waals surface area (Å²) in [6.07, 6.45) is 1.88. The van der Waals surface area contributed by atoms with Crippen LogP contribution in [0.25, 0.3) is 21.1 Å². The van der Waals surface area contributed by atoms with E-state index in [1.54, 1.807) is 0 Å². The summed E-state index contributed by atoms with van der Waals surface area (Å²) in [6.45, 7) is 0. The first-order chi connectivity index (χ1) is 6.34. The average Bonchev–Trinajstić information content (AvgIpc) is 2.62. The average molecular weight is 209 g/mol. The van der Waals surface area contributed by atoms with E-state index in [4.69, 9.17) is 11.6 Å². The number of hydrogen-bond acceptors (Lipinski definition) is 2. The molecule has 0 spiro atoms. The van der Waals surface area contributed by atoms with Crippen LogP contribution in [0.1, 0.15) is 0 Å². The van der Waals surface area contributed by atoms with E-state index in [-0.39, 0.29) is 0 Å². The molecule has 64 valence electrons. The highest BCUT2D eigenvalue weighted by molar-refractivity contribution is 7.13. The summed E-state index contributed by atoms with van der Waals surface area (Å²) in [4.78, 5) is 4.38. The van der Waals surface area contributed by atoms with Gasteiger partial charge in [0.1, 0.15) is 4.83 Å². The quantitative estimate of drug-likeness (QED) is 0.603. The molecule has 0 saturated heterocycles. The highest BCUT2D eigenvalue weighted by Crippen LogP contribution is 2.28. The first kappa shape index (κ1) is 7.35. The van der Waals surface area contributed by atoms with E-state index >= 15 is 0 Å². The van der Waals surface area contributed by atoms with Gasteiger partial charge in [0, 0.05) is 21.3 Å². The van der Waals surface area contributed by atoms with E-state index < -0.39 is 0 Å². The van der Waals surface area contributed by atoms with E-state index in [9.17, 15) is 0 Å². The lowest BCUT2D eigenvalue weighted by atomic mass is 10.2. The van der Waals surface area contributed by atoms with Gasteiger partial charge >= 0.3 is 0 Å². The first-order valence-corrected chi connectivity index (χ1v) is 5.01. The lowest BCUT2D eigenvalue weighted by Gasteiger charge is -1.89. The van der Waals surface area contributed by atoms with Gasteiger partial charge in [0.15, 0.2) is 0 Å². The summed E-state index contributed by atoms with van der Waals surface area (Å²) in [5, 5.41) is 3.12. The van der Waals surface area contributed by atoms with Crippen molar-refractivity contribution >= 4 is 44.3 Å². The Morgan fingerprint density at radius 1 is 1.31 bits per heavy atom. The zero-order valence-corrected chi connectivity index (χ0v) is 8.12. The van der Waals surface area contributed by atoms with Crippen molar-refractivity contribution in [2.75, 3.05) is 0 Å². The molecule has 2 nitrogen and oxygen atoms in total. The van der Waals surface area contributed by atoms with Gasteiger partial charge < -0.3 is 4.98 Å². The SMILES string of the molecule is Clc1ccc2c(c1)[nH]c1sncc12. The molecule has 0 bridgehead atoms. The predicted octanol–water partition coefficient (Wildman–Crippen LogP) is 3.43. The third-order valence-corrected chi connectivity index (χ3v) is 3.04. The van der Waals surface area contributed by atoms with Crippen LogP contribution in [0.2, 0.25) is 5.02 Å². The molecule has 0 saturated carbocycles.